The summed E-state index contributed by atoms with van der Waals surface area (Å²) in [5.41, 5.74) is 1.89. The first-order valence-electron chi connectivity index (χ1n) is 6.39. The molecule has 2 aromatic carbocycles. The van der Waals surface area contributed by atoms with Gasteiger partial charge in [0.1, 0.15) is 5.82 Å². The smallest absolute Gasteiger partial charge is 0.335 e. The molecule has 0 fully saturated rings. The van der Waals surface area contributed by atoms with Gasteiger partial charge >= 0.3 is 5.97 Å². The van der Waals surface area contributed by atoms with E-state index in [4.69, 9.17) is 5.11 Å². The summed E-state index contributed by atoms with van der Waals surface area (Å²) in [5, 5.41) is 12.2. The Morgan fingerprint density at radius 3 is 2.70 bits per heavy atom. The van der Waals surface area contributed by atoms with Gasteiger partial charge in [0, 0.05) is 11.7 Å². The van der Waals surface area contributed by atoms with Gasteiger partial charge in [-0.2, -0.15) is 0 Å². The van der Waals surface area contributed by atoms with Crippen LogP contribution in [0, 0.1) is 5.82 Å². The lowest BCUT2D eigenvalue weighted by Gasteiger charge is -2.15. The van der Waals surface area contributed by atoms with Crippen molar-refractivity contribution in [2.24, 2.45) is 0 Å². The fourth-order valence-electron chi connectivity index (χ4n) is 2.10. The molecule has 1 unspecified atom stereocenters. The molecule has 0 aliphatic carbocycles. The van der Waals surface area contributed by atoms with Crippen molar-refractivity contribution in [3.05, 3.63) is 65.5 Å². The van der Waals surface area contributed by atoms with Gasteiger partial charge in [-0.15, -0.1) is 0 Å². The summed E-state index contributed by atoms with van der Waals surface area (Å²) >= 11 is 0. The Morgan fingerprint density at radius 2 is 2.00 bits per heavy atom. The average molecular weight is 273 g/mol. The summed E-state index contributed by atoms with van der Waals surface area (Å²) in [6, 6.07) is 13.2. The van der Waals surface area contributed by atoms with Crippen LogP contribution in [0.1, 0.15) is 22.8 Å². The number of hydrogen-bond donors (Lipinski definition) is 2. The first-order chi connectivity index (χ1) is 9.54. The minimum Gasteiger partial charge on any atom is -0.478 e. The monoisotopic (exact) mass is 273 g/mol. The third-order valence-corrected chi connectivity index (χ3v) is 2.95. The first kappa shape index (κ1) is 14.1. The second-order valence-corrected chi connectivity index (χ2v) is 4.77. The van der Waals surface area contributed by atoms with Crippen molar-refractivity contribution in [3.8, 4) is 0 Å². The van der Waals surface area contributed by atoms with Crippen LogP contribution in [0.5, 0.6) is 0 Å². The van der Waals surface area contributed by atoms with E-state index in [1.165, 1.54) is 12.1 Å². The fraction of sp³-hybridized carbons (Fsp3) is 0.188. The van der Waals surface area contributed by atoms with Gasteiger partial charge in [-0.1, -0.05) is 18.2 Å². The molecule has 3 nitrogen and oxygen atoms in total. The lowest BCUT2D eigenvalue weighted by Crippen LogP contribution is -2.18. The third-order valence-electron chi connectivity index (χ3n) is 2.95. The van der Waals surface area contributed by atoms with Crippen molar-refractivity contribution < 1.29 is 14.3 Å². The molecule has 2 N–H and O–H groups in total. The highest BCUT2D eigenvalue weighted by Crippen LogP contribution is 2.14. The molecule has 0 saturated carbocycles. The molecule has 2 aromatic rings. The zero-order valence-electron chi connectivity index (χ0n) is 11.1. The molecular weight excluding hydrogens is 257 g/mol. The number of nitrogens with one attached hydrogen (secondary N) is 1. The second kappa shape index (κ2) is 6.19. The Labute approximate surface area is 117 Å². The summed E-state index contributed by atoms with van der Waals surface area (Å²) in [7, 11) is 0. The molecule has 2 rings (SSSR count). The normalized spacial score (nSPS) is 11.9. The average Bonchev–Trinajstić information content (AvgIpc) is 2.38. The van der Waals surface area contributed by atoms with E-state index in [9.17, 15) is 9.18 Å². The molecule has 104 valence electrons. The van der Waals surface area contributed by atoms with Crippen LogP contribution in [0.3, 0.4) is 0 Å². The number of carbonyl (C=O) groups is 1. The van der Waals surface area contributed by atoms with Crippen LogP contribution < -0.4 is 5.32 Å². The second-order valence-electron chi connectivity index (χ2n) is 4.77. The minimum atomic E-state index is -0.952. The lowest BCUT2D eigenvalue weighted by atomic mass is 10.1. The van der Waals surface area contributed by atoms with E-state index in [1.54, 1.807) is 24.3 Å². The summed E-state index contributed by atoms with van der Waals surface area (Å²) < 4.78 is 13.1. The molecule has 0 aliphatic rings. The topological polar surface area (TPSA) is 49.3 Å². The van der Waals surface area contributed by atoms with E-state index in [2.05, 4.69) is 5.32 Å². The van der Waals surface area contributed by atoms with Crippen molar-refractivity contribution in [2.45, 2.75) is 19.4 Å². The van der Waals surface area contributed by atoms with Gasteiger partial charge in [0.05, 0.1) is 5.56 Å². The van der Waals surface area contributed by atoms with Crippen LogP contribution in [0.25, 0.3) is 0 Å². The third kappa shape index (κ3) is 3.82. The maximum Gasteiger partial charge on any atom is 0.335 e. The Kier molecular flexibility index (Phi) is 4.35. The number of anilines is 1. The van der Waals surface area contributed by atoms with Gasteiger partial charge in [0.15, 0.2) is 0 Å². The van der Waals surface area contributed by atoms with E-state index >= 15 is 0 Å². The Balaban J connectivity index is 2.02. The molecule has 4 heteroatoms. The highest BCUT2D eigenvalue weighted by Gasteiger charge is 2.07. The molecule has 0 saturated heterocycles. The zero-order chi connectivity index (χ0) is 14.5. The molecule has 0 aromatic heterocycles. The Hall–Kier alpha value is -2.36. The number of hydrogen-bond acceptors (Lipinski definition) is 2. The van der Waals surface area contributed by atoms with E-state index < -0.39 is 5.97 Å². The van der Waals surface area contributed by atoms with Crippen LogP contribution in [-0.4, -0.2) is 17.1 Å². The Morgan fingerprint density at radius 1 is 1.25 bits per heavy atom. The van der Waals surface area contributed by atoms with Crippen molar-refractivity contribution in [2.75, 3.05) is 5.32 Å². The fourth-order valence-corrected chi connectivity index (χ4v) is 2.10. The quantitative estimate of drug-likeness (QED) is 0.875. The highest BCUT2D eigenvalue weighted by atomic mass is 19.1. The lowest BCUT2D eigenvalue weighted by molar-refractivity contribution is 0.0697. The van der Waals surface area contributed by atoms with Gasteiger partial charge in [0.2, 0.25) is 0 Å². The molecule has 1 atom stereocenters. The van der Waals surface area contributed by atoms with Crippen molar-refractivity contribution in [3.63, 3.8) is 0 Å². The molecular formula is C16H16FNO2. The zero-order valence-corrected chi connectivity index (χ0v) is 11.1. The van der Waals surface area contributed by atoms with Crippen LogP contribution in [0.4, 0.5) is 10.1 Å². The molecule has 0 heterocycles. The minimum absolute atomic E-state index is 0.0702. The SMILES string of the molecule is CC(Cc1cccc(F)c1)Nc1cccc(C(=O)O)c1. The van der Waals surface area contributed by atoms with E-state index in [1.807, 2.05) is 19.1 Å². The van der Waals surface area contributed by atoms with Crippen LogP contribution in [-0.2, 0) is 6.42 Å². The maximum atomic E-state index is 13.1. The predicted molar refractivity (Wildman–Crippen MR) is 76.6 cm³/mol. The van der Waals surface area contributed by atoms with E-state index in [-0.39, 0.29) is 17.4 Å². The van der Waals surface area contributed by atoms with Gasteiger partial charge in [-0.25, -0.2) is 9.18 Å². The number of carboxylic acids is 1. The molecule has 0 radical (unpaired) electrons. The standard InChI is InChI=1S/C16H16FNO2/c1-11(8-12-4-2-6-14(17)9-12)18-15-7-3-5-13(10-15)16(19)20/h2-7,9-11,18H,8H2,1H3,(H,19,20). The Bertz CT molecular complexity index is 613. The van der Waals surface area contributed by atoms with E-state index in [0.29, 0.717) is 6.42 Å². The van der Waals surface area contributed by atoms with Crippen molar-refractivity contribution in [1.29, 1.82) is 0 Å². The number of benzene rings is 2. The van der Waals surface area contributed by atoms with Gasteiger partial charge in [-0.3, -0.25) is 0 Å². The molecule has 0 aliphatic heterocycles. The van der Waals surface area contributed by atoms with Crippen LogP contribution in [0.15, 0.2) is 48.5 Å². The molecule has 0 amide bonds. The van der Waals surface area contributed by atoms with Crippen LogP contribution in [0.2, 0.25) is 0 Å². The predicted octanol–water partition coefficient (Wildman–Crippen LogP) is 3.57. The number of carboxylic acid groups (broad SMARTS) is 1. The molecule has 20 heavy (non-hydrogen) atoms. The number of aromatic carboxylic acids is 1. The molecule has 0 bridgehead atoms. The highest BCUT2D eigenvalue weighted by molar-refractivity contribution is 5.88. The summed E-state index contributed by atoms with van der Waals surface area (Å²) in [5.74, 6) is -1.20. The summed E-state index contributed by atoms with van der Waals surface area (Å²) in [6.45, 7) is 1.97. The first-order valence-corrected chi connectivity index (χ1v) is 6.39. The number of rotatable bonds is 5. The van der Waals surface area contributed by atoms with Crippen LogP contribution >= 0.6 is 0 Å². The van der Waals surface area contributed by atoms with Crippen molar-refractivity contribution >= 4 is 11.7 Å². The van der Waals surface area contributed by atoms with E-state index in [0.717, 1.165) is 11.3 Å². The molecule has 0 spiro atoms. The van der Waals surface area contributed by atoms with Gasteiger partial charge < -0.3 is 10.4 Å². The summed E-state index contributed by atoms with van der Waals surface area (Å²) in [4.78, 5) is 10.9. The van der Waals surface area contributed by atoms with Crippen molar-refractivity contribution in [1.82, 2.24) is 0 Å². The van der Waals surface area contributed by atoms with Gasteiger partial charge in [0.25, 0.3) is 0 Å². The number of halogens is 1. The summed E-state index contributed by atoms with van der Waals surface area (Å²) in [6.07, 6.45) is 0.662. The maximum absolute atomic E-state index is 13.1. The van der Waals surface area contributed by atoms with Gasteiger partial charge in [-0.05, 0) is 49.2 Å². The largest absolute Gasteiger partial charge is 0.478 e.